The number of carbonyl (C=O) groups is 3. The van der Waals surface area contributed by atoms with Crippen molar-refractivity contribution >= 4 is 35.5 Å². The first-order valence-corrected chi connectivity index (χ1v) is 11.9. The molecule has 176 valence electrons. The van der Waals surface area contributed by atoms with E-state index in [-0.39, 0.29) is 17.0 Å². The molecule has 1 aliphatic heterocycles. The van der Waals surface area contributed by atoms with Gasteiger partial charge in [0, 0.05) is 6.04 Å². The monoisotopic (exact) mass is 472 g/mol. The van der Waals surface area contributed by atoms with Gasteiger partial charge in [-0.2, -0.15) is 0 Å². The molecular weight excluding hydrogens is 444 g/mol. The van der Waals surface area contributed by atoms with Gasteiger partial charge in [0.1, 0.15) is 5.57 Å². The van der Waals surface area contributed by atoms with E-state index in [2.05, 4.69) is 5.32 Å². The summed E-state index contributed by atoms with van der Waals surface area (Å²) in [6, 6.07) is 2.33. The number of nitrogens with zero attached hydrogens (tertiary/aromatic N) is 1. The molecule has 4 amide bonds. The molecule has 8 heteroatoms. The summed E-state index contributed by atoms with van der Waals surface area (Å²) in [5.74, 6) is 1.55. The average Bonchev–Trinajstić information content (AvgIpc) is 2.75. The van der Waals surface area contributed by atoms with E-state index in [1.165, 1.54) is 44.5 Å². The van der Waals surface area contributed by atoms with Gasteiger partial charge in [-0.15, -0.1) is 0 Å². The molecule has 6 rings (SSSR count). The molecule has 0 spiro atoms. The van der Waals surface area contributed by atoms with Gasteiger partial charge in [-0.05, 0) is 92.4 Å². The van der Waals surface area contributed by atoms with Crippen molar-refractivity contribution in [3.63, 3.8) is 0 Å². The van der Waals surface area contributed by atoms with Crippen molar-refractivity contribution in [1.29, 1.82) is 0 Å². The Labute approximate surface area is 198 Å². The second-order valence-electron chi connectivity index (χ2n) is 10.2. The van der Waals surface area contributed by atoms with E-state index in [0.29, 0.717) is 39.8 Å². The largest absolute Gasteiger partial charge is 0.493 e. The Balaban J connectivity index is 1.48. The van der Waals surface area contributed by atoms with Crippen molar-refractivity contribution in [2.45, 2.75) is 51.5 Å². The van der Waals surface area contributed by atoms with Crippen LogP contribution in [-0.4, -0.2) is 43.0 Å². The lowest BCUT2D eigenvalue weighted by Gasteiger charge is -2.60. The van der Waals surface area contributed by atoms with Gasteiger partial charge in [-0.1, -0.05) is 11.6 Å². The first-order valence-electron chi connectivity index (χ1n) is 11.6. The van der Waals surface area contributed by atoms with E-state index < -0.39 is 17.8 Å². The number of hydrogen-bond acceptors (Lipinski definition) is 5. The summed E-state index contributed by atoms with van der Waals surface area (Å²) >= 11 is 6.30. The highest BCUT2D eigenvalue weighted by Gasteiger charge is 2.56. The van der Waals surface area contributed by atoms with Crippen LogP contribution in [0.15, 0.2) is 17.7 Å². The van der Waals surface area contributed by atoms with Crippen LogP contribution in [0.25, 0.3) is 6.08 Å². The molecule has 1 N–H and O–H groups in total. The fourth-order valence-electron chi connectivity index (χ4n) is 7.17. The molecule has 1 atom stereocenters. The maximum Gasteiger partial charge on any atom is 0.331 e. The van der Waals surface area contributed by atoms with Gasteiger partial charge in [0.25, 0.3) is 11.8 Å². The van der Waals surface area contributed by atoms with Crippen LogP contribution in [0.4, 0.5) is 4.79 Å². The maximum atomic E-state index is 13.5. The third-order valence-corrected chi connectivity index (χ3v) is 8.54. The predicted molar refractivity (Wildman–Crippen MR) is 123 cm³/mol. The van der Waals surface area contributed by atoms with Crippen LogP contribution >= 0.6 is 11.6 Å². The molecule has 7 nitrogen and oxygen atoms in total. The first-order chi connectivity index (χ1) is 15.7. The number of barbiturate groups is 1. The third kappa shape index (κ3) is 3.61. The predicted octanol–water partition coefficient (Wildman–Crippen LogP) is 4.42. The number of rotatable bonds is 5. The van der Waals surface area contributed by atoms with Crippen LogP contribution in [0.3, 0.4) is 0 Å². The Morgan fingerprint density at radius 1 is 1.06 bits per heavy atom. The summed E-state index contributed by atoms with van der Waals surface area (Å²) in [7, 11) is 2.96. The molecule has 0 aromatic heterocycles. The van der Waals surface area contributed by atoms with Gasteiger partial charge in [0.05, 0.1) is 19.2 Å². The molecule has 1 unspecified atom stereocenters. The smallest absolute Gasteiger partial charge is 0.331 e. The standard InChI is InChI=1S/C25H29ClN2O5/c1-13(25-10-15-4-16(11-25)6-17(5-15)12-25)28-23(30)18(22(29)27-24(28)31)7-14-8-19(26)21(33-3)20(9-14)32-2/h7-9,13,15-17H,4-6,10-12H2,1-3H3,(H,27,29,31). The topological polar surface area (TPSA) is 84.9 Å². The highest BCUT2D eigenvalue weighted by Crippen LogP contribution is 2.62. The highest BCUT2D eigenvalue weighted by molar-refractivity contribution is 6.33. The fraction of sp³-hybridized carbons (Fsp3) is 0.560. The SMILES string of the molecule is COc1cc(C=C2C(=O)NC(=O)N(C(C)C34CC5CC(CC(C5)C3)C4)C2=O)cc(Cl)c1OC. The van der Waals surface area contributed by atoms with Crippen molar-refractivity contribution in [2.24, 2.45) is 23.2 Å². The number of amides is 4. The van der Waals surface area contributed by atoms with E-state index in [0.717, 1.165) is 19.3 Å². The van der Waals surface area contributed by atoms with Gasteiger partial charge >= 0.3 is 6.03 Å². The molecule has 0 radical (unpaired) electrons. The average molecular weight is 473 g/mol. The highest BCUT2D eigenvalue weighted by atomic mass is 35.5. The minimum atomic E-state index is -0.704. The molecule has 1 aromatic rings. The summed E-state index contributed by atoms with van der Waals surface area (Å²) in [6.07, 6.45) is 8.43. The lowest BCUT2D eigenvalue weighted by molar-refractivity contribution is -0.139. The normalized spacial score (nSPS) is 32.8. The molecule has 1 saturated heterocycles. The lowest BCUT2D eigenvalue weighted by Crippen LogP contribution is -2.63. The van der Waals surface area contributed by atoms with E-state index in [1.807, 2.05) is 6.92 Å². The molecule has 5 aliphatic rings. The summed E-state index contributed by atoms with van der Waals surface area (Å²) in [4.78, 5) is 40.4. The fourth-order valence-corrected chi connectivity index (χ4v) is 7.47. The molecule has 4 saturated carbocycles. The Kier molecular flexibility index (Phi) is 5.43. The molecular formula is C25H29ClN2O5. The Bertz CT molecular complexity index is 1030. The molecule has 33 heavy (non-hydrogen) atoms. The van der Waals surface area contributed by atoms with E-state index in [1.54, 1.807) is 12.1 Å². The van der Waals surface area contributed by atoms with Crippen molar-refractivity contribution < 1.29 is 23.9 Å². The second kappa shape index (κ2) is 8.05. The van der Waals surface area contributed by atoms with Crippen LogP contribution in [0.5, 0.6) is 11.5 Å². The Morgan fingerprint density at radius 3 is 2.21 bits per heavy atom. The number of ether oxygens (including phenoxy) is 2. The zero-order valence-corrected chi connectivity index (χ0v) is 19.9. The summed E-state index contributed by atoms with van der Waals surface area (Å²) in [6.45, 7) is 1.98. The number of carbonyl (C=O) groups excluding carboxylic acids is 3. The summed E-state index contributed by atoms with van der Waals surface area (Å²) < 4.78 is 10.6. The van der Waals surface area contributed by atoms with Gasteiger partial charge in [0.2, 0.25) is 0 Å². The van der Waals surface area contributed by atoms with Crippen molar-refractivity contribution in [2.75, 3.05) is 14.2 Å². The molecule has 4 aliphatic carbocycles. The van der Waals surface area contributed by atoms with E-state index in [4.69, 9.17) is 21.1 Å². The first kappa shape index (κ1) is 22.3. The maximum absolute atomic E-state index is 13.5. The number of benzene rings is 1. The Morgan fingerprint density at radius 2 is 1.67 bits per heavy atom. The van der Waals surface area contributed by atoms with Crippen LogP contribution < -0.4 is 14.8 Å². The number of nitrogens with one attached hydrogen (secondary N) is 1. The van der Waals surface area contributed by atoms with Gasteiger partial charge < -0.3 is 9.47 Å². The third-order valence-electron chi connectivity index (χ3n) is 8.26. The van der Waals surface area contributed by atoms with Crippen molar-refractivity contribution in [3.8, 4) is 11.5 Å². The zero-order valence-electron chi connectivity index (χ0n) is 19.2. The van der Waals surface area contributed by atoms with Gasteiger partial charge in [-0.3, -0.25) is 19.8 Å². The van der Waals surface area contributed by atoms with Crippen LogP contribution in [-0.2, 0) is 9.59 Å². The number of methoxy groups -OCH3 is 2. The van der Waals surface area contributed by atoms with Crippen LogP contribution in [0.2, 0.25) is 5.02 Å². The lowest BCUT2D eigenvalue weighted by atomic mass is 9.47. The van der Waals surface area contributed by atoms with Crippen LogP contribution in [0.1, 0.15) is 51.0 Å². The van der Waals surface area contributed by atoms with Gasteiger partial charge in [-0.25, -0.2) is 4.79 Å². The second-order valence-corrected chi connectivity index (χ2v) is 10.6. The summed E-state index contributed by atoms with van der Waals surface area (Å²) in [5, 5.41) is 2.67. The molecule has 1 aromatic carbocycles. The minimum absolute atomic E-state index is 0.0557. The van der Waals surface area contributed by atoms with Crippen molar-refractivity contribution in [3.05, 3.63) is 28.3 Å². The van der Waals surface area contributed by atoms with E-state index >= 15 is 0 Å². The Hall–Kier alpha value is -2.54. The number of hydrogen-bond donors (Lipinski definition) is 1. The number of urea groups is 1. The number of imide groups is 2. The zero-order chi connectivity index (χ0) is 23.5. The molecule has 4 bridgehead atoms. The molecule has 5 fully saturated rings. The summed E-state index contributed by atoms with van der Waals surface area (Å²) in [5.41, 5.74) is 0.363. The van der Waals surface area contributed by atoms with Gasteiger partial charge in [0.15, 0.2) is 11.5 Å². The van der Waals surface area contributed by atoms with E-state index in [9.17, 15) is 14.4 Å². The van der Waals surface area contributed by atoms with Crippen LogP contribution in [0, 0.1) is 23.2 Å². The number of halogens is 1. The quantitative estimate of drug-likeness (QED) is 0.506. The van der Waals surface area contributed by atoms with Crippen molar-refractivity contribution in [1.82, 2.24) is 10.2 Å². The minimum Gasteiger partial charge on any atom is -0.493 e. The molecule has 1 heterocycles.